The number of amides is 5. The van der Waals surface area contributed by atoms with Gasteiger partial charge in [-0.3, -0.25) is 33.3 Å². The lowest BCUT2D eigenvalue weighted by Gasteiger charge is -2.29. The summed E-state index contributed by atoms with van der Waals surface area (Å²) in [4.78, 5) is 77.1. The summed E-state index contributed by atoms with van der Waals surface area (Å²) in [5.74, 6) is -2.16. The van der Waals surface area contributed by atoms with Gasteiger partial charge < -0.3 is 34.4 Å². The molecule has 42 heavy (non-hydrogen) atoms. The summed E-state index contributed by atoms with van der Waals surface area (Å²) >= 11 is 0. The Labute approximate surface area is 249 Å². The molecule has 0 saturated carbocycles. The molecule has 2 N–H and O–H groups in total. The normalized spacial score (nSPS) is 11.8. The summed E-state index contributed by atoms with van der Waals surface area (Å²) in [5.41, 5.74) is 0. The van der Waals surface area contributed by atoms with Crippen molar-refractivity contribution in [1.82, 2.24) is 25.3 Å². The Morgan fingerprint density at radius 1 is 0.619 bits per heavy atom. The molecule has 242 valence electrons. The van der Waals surface area contributed by atoms with Gasteiger partial charge in [0.2, 0.25) is 29.5 Å². The Kier molecular flexibility index (Phi) is 19.5. The van der Waals surface area contributed by atoms with E-state index in [1.54, 1.807) is 13.8 Å². The van der Waals surface area contributed by atoms with Gasteiger partial charge in [0.15, 0.2) is 0 Å². The smallest absolute Gasteiger partial charge is 0.338 e. The molecule has 0 aliphatic rings. The summed E-state index contributed by atoms with van der Waals surface area (Å²) in [6, 6.07) is 0. The lowest BCUT2D eigenvalue weighted by atomic mass is 9.96. The van der Waals surface area contributed by atoms with E-state index >= 15 is 0 Å². The molecule has 0 aromatic heterocycles. The highest BCUT2D eigenvalue weighted by atomic mass is 31.2. The molecular formula is C27H50N5O9P. The number of hydrogen-bond acceptors (Lipinski definition) is 9. The molecule has 0 aromatic carbocycles. The standard InChI is InChI=1S/C27H50N5O9P/c1-8-40-42(39,41-9-2)20-27(38)26(10-14-30(23(5)35)16-12-28-21(3)33)11-15-31(24(6)36)18-19-32(25(7)37)17-13-29-22(4)34/h26H,8-20H2,1-7H3,(H,28,33)(H,29,34). The van der Waals surface area contributed by atoms with Gasteiger partial charge in [-0.2, -0.15) is 0 Å². The fourth-order valence-corrected chi connectivity index (χ4v) is 5.87. The van der Waals surface area contributed by atoms with Crippen LogP contribution in [0.1, 0.15) is 61.3 Å². The number of hydrogen-bond donors (Lipinski definition) is 2. The number of Topliss-reactive ketones (excluding diaryl/α,β-unsaturated/α-hetero) is 1. The highest BCUT2D eigenvalue weighted by Crippen LogP contribution is 2.48. The Morgan fingerprint density at radius 3 is 1.31 bits per heavy atom. The van der Waals surface area contributed by atoms with E-state index in [1.165, 1.54) is 49.3 Å². The van der Waals surface area contributed by atoms with Gasteiger partial charge in [-0.25, -0.2) is 0 Å². The molecular weight excluding hydrogens is 569 g/mol. The van der Waals surface area contributed by atoms with Crippen LogP contribution in [0, 0.1) is 5.92 Å². The number of rotatable bonds is 22. The third-order valence-electron chi connectivity index (χ3n) is 6.44. The highest BCUT2D eigenvalue weighted by Gasteiger charge is 2.32. The van der Waals surface area contributed by atoms with Crippen LogP contribution in [0.5, 0.6) is 0 Å². The SMILES string of the molecule is CCOP(=O)(CC(=O)C(CCN(CCNC(C)=O)C(C)=O)CCN(CCN(CCNC(C)=O)C(C)=O)C(C)=O)OCC. The zero-order chi connectivity index (χ0) is 32.3. The monoisotopic (exact) mass is 619 g/mol. The first kappa shape index (κ1) is 39.2. The predicted molar refractivity (Wildman–Crippen MR) is 158 cm³/mol. The average Bonchev–Trinajstić information content (AvgIpc) is 2.86. The largest absolute Gasteiger partial charge is 0.355 e. The van der Waals surface area contributed by atoms with E-state index in [1.807, 2.05) is 0 Å². The van der Waals surface area contributed by atoms with Crippen molar-refractivity contribution in [1.29, 1.82) is 0 Å². The van der Waals surface area contributed by atoms with Crippen molar-refractivity contribution < 1.29 is 42.4 Å². The second-order valence-electron chi connectivity index (χ2n) is 9.83. The number of carbonyl (C=O) groups excluding carboxylic acids is 6. The fraction of sp³-hybridized carbons (Fsp3) is 0.778. The molecule has 1 unspecified atom stereocenters. The Balaban J connectivity index is 5.66. The highest BCUT2D eigenvalue weighted by molar-refractivity contribution is 7.54. The topological polar surface area (TPSA) is 172 Å². The summed E-state index contributed by atoms with van der Waals surface area (Å²) < 4.78 is 23.7. The number of nitrogens with one attached hydrogen (secondary N) is 2. The molecule has 0 bridgehead atoms. The lowest BCUT2D eigenvalue weighted by molar-refractivity contribution is -0.133. The minimum atomic E-state index is -3.68. The van der Waals surface area contributed by atoms with E-state index in [9.17, 15) is 33.3 Å². The Morgan fingerprint density at radius 2 is 0.976 bits per heavy atom. The first-order chi connectivity index (χ1) is 19.6. The van der Waals surface area contributed by atoms with E-state index in [0.29, 0.717) is 0 Å². The number of nitrogens with zero attached hydrogens (tertiary/aromatic N) is 3. The molecule has 0 heterocycles. The second-order valence-corrected chi connectivity index (χ2v) is 11.9. The first-order valence-electron chi connectivity index (χ1n) is 14.3. The summed E-state index contributed by atoms with van der Waals surface area (Å²) in [6.45, 7) is 12.4. The van der Waals surface area contributed by atoms with Gasteiger partial charge >= 0.3 is 7.60 Å². The van der Waals surface area contributed by atoms with E-state index < -0.39 is 19.7 Å². The van der Waals surface area contributed by atoms with Crippen molar-refractivity contribution in [3.63, 3.8) is 0 Å². The van der Waals surface area contributed by atoms with E-state index in [-0.39, 0.29) is 114 Å². The van der Waals surface area contributed by atoms with E-state index in [0.717, 1.165) is 0 Å². The van der Waals surface area contributed by atoms with Crippen molar-refractivity contribution in [2.24, 2.45) is 5.92 Å². The predicted octanol–water partition coefficient (Wildman–Crippen LogP) is 1.04. The van der Waals surface area contributed by atoms with Crippen LogP contribution in [0.2, 0.25) is 0 Å². The fourth-order valence-electron chi connectivity index (χ4n) is 4.19. The molecule has 15 heteroatoms. The molecule has 0 aliphatic carbocycles. The molecule has 0 saturated heterocycles. The lowest BCUT2D eigenvalue weighted by Crippen LogP contribution is -2.43. The van der Waals surface area contributed by atoms with Crippen molar-refractivity contribution in [2.45, 2.75) is 61.3 Å². The molecule has 0 rings (SSSR count). The zero-order valence-corrected chi connectivity index (χ0v) is 27.1. The second kappa shape index (κ2) is 21.0. The van der Waals surface area contributed by atoms with Gasteiger partial charge in [0.25, 0.3) is 0 Å². The minimum Gasteiger partial charge on any atom is -0.355 e. The van der Waals surface area contributed by atoms with Crippen LogP contribution in [0.3, 0.4) is 0 Å². The van der Waals surface area contributed by atoms with Gasteiger partial charge in [-0.1, -0.05) is 0 Å². The molecule has 1 atom stereocenters. The van der Waals surface area contributed by atoms with Crippen LogP contribution < -0.4 is 10.6 Å². The molecule has 5 amide bonds. The van der Waals surface area contributed by atoms with Gasteiger partial charge in [-0.15, -0.1) is 0 Å². The third kappa shape index (κ3) is 17.2. The zero-order valence-electron chi connectivity index (χ0n) is 26.2. The average molecular weight is 620 g/mol. The van der Waals surface area contributed by atoms with Gasteiger partial charge in [0.1, 0.15) is 11.9 Å². The summed E-state index contributed by atoms with van der Waals surface area (Å²) in [5, 5.41) is 5.28. The van der Waals surface area contributed by atoms with E-state index in [2.05, 4.69) is 10.6 Å². The summed E-state index contributed by atoms with van der Waals surface area (Å²) in [6.07, 6.45) is 0.0193. The number of carbonyl (C=O) groups is 6. The van der Waals surface area contributed by atoms with Crippen LogP contribution in [0.25, 0.3) is 0 Å². The van der Waals surface area contributed by atoms with Gasteiger partial charge in [0, 0.05) is 92.9 Å². The van der Waals surface area contributed by atoms with Crippen molar-refractivity contribution in [3.8, 4) is 0 Å². The number of ketones is 1. The Bertz CT molecular complexity index is 952. The molecule has 0 radical (unpaired) electrons. The molecule has 0 aromatic rings. The van der Waals surface area contributed by atoms with Crippen LogP contribution in [-0.2, 0) is 42.4 Å². The third-order valence-corrected chi connectivity index (χ3v) is 8.44. The molecule has 0 fully saturated rings. The molecule has 0 spiro atoms. The molecule has 14 nitrogen and oxygen atoms in total. The van der Waals surface area contributed by atoms with Crippen LogP contribution in [0.15, 0.2) is 0 Å². The van der Waals surface area contributed by atoms with Gasteiger partial charge in [0.05, 0.1) is 13.2 Å². The quantitative estimate of drug-likeness (QED) is 0.168. The van der Waals surface area contributed by atoms with Gasteiger partial charge in [-0.05, 0) is 26.7 Å². The van der Waals surface area contributed by atoms with Crippen molar-refractivity contribution in [3.05, 3.63) is 0 Å². The maximum atomic E-state index is 13.4. The maximum Gasteiger partial charge on any atom is 0.338 e. The maximum absolute atomic E-state index is 13.4. The van der Waals surface area contributed by atoms with Crippen LogP contribution >= 0.6 is 7.60 Å². The van der Waals surface area contributed by atoms with Crippen LogP contribution in [-0.4, -0.2) is 122 Å². The molecule has 0 aliphatic heterocycles. The first-order valence-corrected chi connectivity index (χ1v) is 16.0. The summed E-state index contributed by atoms with van der Waals surface area (Å²) in [7, 11) is -3.68. The van der Waals surface area contributed by atoms with Crippen molar-refractivity contribution in [2.75, 3.05) is 71.7 Å². The minimum absolute atomic E-state index is 0.100. The Hall–Kier alpha value is -2.83. The van der Waals surface area contributed by atoms with Crippen LogP contribution in [0.4, 0.5) is 0 Å². The van der Waals surface area contributed by atoms with E-state index in [4.69, 9.17) is 9.05 Å². The van der Waals surface area contributed by atoms with Crippen molar-refractivity contribution >= 4 is 42.9 Å².